The van der Waals surface area contributed by atoms with Gasteiger partial charge >= 0.3 is 0 Å². The Morgan fingerprint density at radius 3 is 2.70 bits per heavy atom. The maximum atomic E-state index is 5.23. The van der Waals surface area contributed by atoms with Crippen LogP contribution in [0.2, 0.25) is 0 Å². The van der Waals surface area contributed by atoms with Gasteiger partial charge in [-0.05, 0) is 12.2 Å². The molecule has 1 rings (SSSR count). The molecule has 0 saturated carbocycles. The van der Waals surface area contributed by atoms with Crippen LogP contribution in [0.25, 0.3) is 0 Å². The molecule has 0 amide bonds. The van der Waals surface area contributed by atoms with E-state index in [9.17, 15) is 0 Å². The third-order valence-electron chi connectivity index (χ3n) is 1.32. The van der Waals surface area contributed by atoms with Crippen LogP contribution in [0, 0.1) is 0 Å². The van der Waals surface area contributed by atoms with Crippen molar-refractivity contribution in [2.24, 2.45) is 0 Å². The maximum absolute atomic E-state index is 5.23. The number of ether oxygens (including phenoxy) is 1. The largest absolute Gasteiger partial charge is 0.489 e. The molecule has 1 nitrogen and oxygen atoms in total. The van der Waals surface area contributed by atoms with Gasteiger partial charge in [-0.25, -0.2) is 0 Å². The van der Waals surface area contributed by atoms with Crippen LogP contribution in [0.5, 0.6) is 0 Å². The van der Waals surface area contributed by atoms with Crippen molar-refractivity contribution in [1.82, 2.24) is 0 Å². The lowest BCUT2D eigenvalue weighted by atomic mass is 10.2. The van der Waals surface area contributed by atoms with Crippen LogP contribution in [-0.2, 0) is 4.74 Å². The molecule has 0 saturated heterocycles. The first-order valence-electron chi connectivity index (χ1n) is 3.17. The summed E-state index contributed by atoms with van der Waals surface area (Å²) in [7, 11) is 0. The zero-order valence-electron chi connectivity index (χ0n) is 5.84. The van der Waals surface area contributed by atoms with Crippen molar-refractivity contribution in [3.05, 3.63) is 48.8 Å². The van der Waals surface area contributed by atoms with Gasteiger partial charge in [-0.1, -0.05) is 25.3 Å². The Labute approximate surface area is 61.0 Å². The van der Waals surface area contributed by atoms with Crippen molar-refractivity contribution in [2.75, 3.05) is 6.61 Å². The third kappa shape index (κ3) is 1.18. The fourth-order valence-electron chi connectivity index (χ4n) is 0.824. The standard InChI is InChI=1S/C9H10O/c1-3-8-6-5-7-10-9(8)4-2/h3-6H,1-2,7H2. The lowest BCUT2D eigenvalue weighted by Crippen LogP contribution is -1.97. The van der Waals surface area contributed by atoms with Crippen LogP contribution in [0.1, 0.15) is 0 Å². The van der Waals surface area contributed by atoms with Crippen molar-refractivity contribution in [1.29, 1.82) is 0 Å². The van der Waals surface area contributed by atoms with E-state index >= 15 is 0 Å². The molecule has 0 radical (unpaired) electrons. The van der Waals surface area contributed by atoms with Crippen LogP contribution < -0.4 is 0 Å². The lowest BCUT2D eigenvalue weighted by molar-refractivity contribution is 0.255. The normalized spacial score (nSPS) is 16.4. The molecule has 0 fully saturated rings. The average molecular weight is 134 g/mol. The van der Waals surface area contributed by atoms with Gasteiger partial charge < -0.3 is 4.74 Å². The van der Waals surface area contributed by atoms with Crippen LogP contribution in [0.3, 0.4) is 0 Å². The molecule has 1 heterocycles. The monoisotopic (exact) mass is 134 g/mol. The van der Waals surface area contributed by atoms with Crippen molar-refractivity contribution < 1.29 is 4.74 Å². The summed E-state index contributed by atoms with van der Waals surface area (Å²) in [5.74, 6) is 0.817. The molecule has 0 aliphatic carbocycles. The Balaban J connectivity index is 2.94. The summed E-state index contributed by atoms with van der Waals surface area (Å²) in [6.45, 7) is 7.90. The molecule has 0 bridgehead atoms. The van der Waals surface area contributed by atoms with E-state index < -0.39 is 0 Å². The molecule has 1 heteroatoms. The van der Waals surface area contributed by atoms with Gasteiger partial charge in [-0.2, -0.15) is 0 Å². The molecule has 1 aliphatic rings. The van der Waals surface area contributed by atoms with Crippen molar-refractivity contribution in [3.63, 3.8) is 0 Å². The van der Waals surface area contributed by atoms with E-state index in [1.54, 1.807) is 12.2 Å². The second-order valence-electron chi connectivity index (χ2n) is 1.94. The molecule has 0 aromatic carbocycles. The van der Waals surface area contributed by atoms with Gasteiger partial charge in [0.25, 0.3) is 0 Å². The first-order valence-corrected chi connectivity index (χ1v) is 3.17. The number of rotatable bonds is 2. The average Bonchev–Trinajstić information content (AvgIpc) is 2.04. The van der Waals surface area contributed by atoms with Gasteiger partial charge in [0.1, 0.15) is 12.4 Å². The number of hydrogen-bond acceptors (Lipinski definition) is 1. The van der Waals surface area contributed by atoms with E-state index in [2.05, 4.69) is 13.2 Å². The van der Waals surface area contributed by atoms with Gasteiger partial charge in [0.15, 0.2) is 0 Å². The molecule has 10 heavy (non-hydrogen) atoms. The Hall–Kier alpha value is -1.24. The molecule has 0 N–H and O–H groups in total. The SMILES string of the molecule is C=CC1=C(C=C)OCC=C1. The lowest BCUT2D eigenvalue weighted by Gasteiger charge is -2.10. The van der Waals surface area contributed by atoms with Crippen molar-refractivity contribution >= 4 is 0 Å². The van der Waals surface area contributed by atoms with Gasteiger partial charge in [0, 0.05) is 5.57 Å². The summed E-state index contributed by atoms with van der Waals surface area (Å²) in [6.07, 6.45) is 7.38. The molecule has 0 atom stereocenters. The first-order chi connectivity index (χ1) is 4.88. The van der Waals surface area contributed by atoms with Crippen LogP contribution in [0.15, 0.2) is 48.8 Å². The smallest absolute Gasteiger partial charge is 0.126 e. The predicted octanol–water partition coefficient (Wildman–Crippen LogP) is 2.20. The van der Waals surface area contributed by atoms with E-state index in [-0.39, 0.29) is 0 Å². The van der Waals surface area contributed by atoms with Crippen molar-refractivity contribution in [3.8, 4) is 0 Å². The van der Waals surface area contributed by atoms with Crippen LogP contribution in [0.4, 0.5) is 0 Å². The second kappa shape index (κ2) is 3.06. The molecule has 0 unspecified atom stereocenters. The molecule has 0 aromatic rings. The summed E-state index contributed by atoms with van der Waals surface area (Å²) in [6, 6.07) is 0. The zero-order chi connectivity index (χ0) is 7.40. The Morgan fingerprint density at radius 2 is 2.20 bits per heavy atom. The summed E-state index contributed by atoms with van der Waals surface area (Å²) < 4.78 is 5.23. The van der Waals surface area contributed by atoms with Gasteiger partial charge in [-0.15, -0.1) is 0 Å². The summed E-state index contributed by atoms with van der Waals surface area (Å²) in [5.41, 5.74) is 1.00. The molecular weight excluding hydrogens is 124 g/mol. The highest BCUT2D eigenvalue weighted by molar-refractivity contribution is 5.38. The molecule has 1 aliphatic heterocycles. The fraction of sp³-hybridized carbons (Fsp3) is 0.111. The zero-order valence-corrected chi connectivity index (χ0v) is 5.84. The minimum absolute atomic E-state index is 0.638. The van der Waals surface area contributed by atoms with E-state index in [4.69, 9.17) is 4.74 Å². The minimum Gasteiger partial charge on any atom is -0.489 e. The quantitative estimate of drug-likeness (QED) is 0.562. The summed E-state index contributed by atoms with van der Waals surface area (Å²) >= 11 is 0. The Morgan fingerprint density at radius 1 is 1.40 bits per heavy atom. The third-order valence-corrected chi connectivity index (χ3v) is 1.32. The minimum atomic E-state index is 0.638. The van der Waals surface area contributed by atoms with Gasteiger partial charge in [0.2, 0.25) is 0 Å². The first kappa shape index (κ1) is 6.87. The second-order valence-corrected chi connectivity index (χ2v) is 1.94. The number of hydrogen-bond donors (Lipinski definition) is 0. The molecule has 0 aromatic heterocycles. The summed E-state index contributed by atoms with van der Waals surface area (Å²) in [5, 5.41) is 0. The molecule has 52 valence electrons. The highest BCUT2D eigenvalue weighted by atomic mass is 16.5. The molecular formula is C9H10O. The van der Waals surface area contributed by atoms with E-state index in [1.807, 2.05) is 12.2 Å². The Kier molecular flexibility index (Phi) is 2.11. The van der Waals surface area contributed by atoms with Crippen LogP contribution >= 0.6 is 0 Å². The number of allylic oxidation sites excluding steroid dienone is 4. The molecule has 0 spiro atoms. The summed E-state index contributed by atoms with van der Waals surface area (Å²) in [4.78, 5) is 0. The van der Waals surface area contributed by atoms with Gasteiger partial charge in [-0.3, -0.25) is 0 Å². The van der Waals surface area contributed by atoms with E-state index in [1.165, 1.54) is 0 Å². The van der Waals surface area contributed by atoms with Crippen LogP contribution in [-0.4, -0.2) is 6.61 Å². The van der Waals surface area contributed by atoms with Gasteiger partial charge in [0.05, 0.1) is 0 Å². The highest BCUT2D eigenvalue weighted by Gasteiger charge is 2.00. The van der Waals surface area contributed by atoms with E-state index in [0.717, 1.165) is 11.3 Å². The maximum Gasteiger partial charge on any atom is 0.126 e. The van der Waals surface area contributed by atoms with E-state index in [0.29, 0.717) is 6.61 Å². The predicted molar refractivity (Wildman–Crippen MR) is 42.5 cm³/mol. The fourth-order valence-corrected chi connectivity index (χ4v) is 0.824. The topological polar surface area (TPSA) is 9.23 Å². The van der Waals surface area contributed by atoms with Crippen molar-refractivity contribution in [2.45, 2.75) is 0 Å². The highest BCUT2D eigenvalue weighted by Crippen LogP contribution is 2.14. The Bertz CT molecular complexity index is 209.